The average molecular weight is 505 g/mol. The van der Waals surface area contributed by atoms with Gasteiger partial charge in [-0.15, -0.1) is 0 Å². The van der Waals surface area contributed by atoms with Crippen LogP contribution in [0.25, 0.3) is 11.2 Å². The highest BCUT2D eigenvalue weighted by Gasteiger charge is 2.50. The molecule has 12 nitrogen and oxygen atoms in total. The summed E-state index contributed by atoms with van der Waals surface area (Å²) in [6, 6.07) is 7.65. The third kappa shape index (κ3) is 4.59. The summed E-state index contributed by atoms with van der Waals surface area (Å²) in [5, 5.41) is 28.2. The van der Waals surface area contributed by atoms with Crippen LogP contribution >= 0.6 is 11.6 Å². The molecule has 0 aliphatic carbocycles. The van der Waals surface area contributed by atoms with Gasteiger partial charge >= 0.3 is 11.9 Å². The van der Waals surface area contributed by atoms with Gasteiger partial charge in [0.15, 0.2) is 17.7 Å². The van der Waals surface area contributed by atoms with Gasteiger partial charge in [-0.1, -0.05) is 12.1 Å². The van der Waals surface area contributed by atoms with E-state index in [1.807, 2.05) is 6.07 Å². The zero-order valence-electron chi connectivity index (χ0n) is 17.8. The maximum absolute atomic E-state index is 14.9. The lowest BCUT2D eigenvalue weighted by Gasteiger charge is -2.27. The number of alkyl halides is 1. The van der Waals surface area contributed by atoms with Gasteiger partial charge in [-0.05, 0) is 29.3 Å². The molecule has 182 valence electrons. The summed E-state index contributed by atoms with van der Waals surface area (Å²) >= 11 is 5.84. The number of halogens is 2. The molecular weight excluding hydrogens is 487 g/mol. The van der Waals surface area contributed by atoms with Crippen molar-refractivity contribution in [1.29, 1.82) is 5.26 Å². The normalized spacial score (nSPS) is 20.1. The maximum Gasteiger partial charge on any atom is 0.348 e. The number of benzene rings is 1. The lowest BCUT2D eigenvalue weighted by atomic mass is 9.93. The number of carbonyl (C=O) groups is 2. The van der Waals surface area contributed by atoms with E-state index in [-0.39, 0.29) is 28.7 Å². The Bertz CT molecular complexity index is 1310. The molecule has 1 aliphatic rings. The van der Waals surface area contributed by atoms with E-state index in [1.54, 1.807) is 0 Å². The van der Waals surface area contributed by atoms with Crippen LogP contribution in [0.2, 0.25) is 5.28 Å². The number of hydrogen-bond donors (Lipinski definition) is 3. The van der Waals surface area contributed by atoms with E-state index in [0.29, 0.717) is 11.1 Å². The van der Waals surface area contributed by atoms with Crippen molar-refractivity contribution in [2.75, 3.05) is 12.3 Å². The number of rotatable bonds is 8. The zero-order chi connectivity index (χ0) is 25.3. The summed E-state index contributed by atoms with van der Waals surface area (Å²) < 4.78 is 27.3. The predicted octanol–water partition coefficient (Wildman–Crippen LogP) is 1.73. The minimum Gasteiger partial charge on any atom is -0.479 e. The predicted molar refractivity (Wildman–Crippen MR) is 117 cm³/mol. The molecule has 0 spiro atoms. The molecule has 2 aromatic heterocycles. The van der Waals surface area contributed by atoms with Crippen LogP contribution < -0.4 is 5.73 Å². The number of nitriles is 1. The van der Waals surface area contributed by atoms with Crippen molar-refractivity contribution in [2.24, 2.45) is 0 Å². The average Bonchev–Trinajstić information content (AvgIpc) is 3.39. The van der Waals surface area contributed by atoms with Crippen LogP contribution in [0.4, 0.5) is 10.2 Å². The molecule has 4 rings (SSSR count). The lowest BCUT2D eigenvalue weighted by Crippen LogP contribution is -2.52. The van der Waals surface area contributed by atoms with E-state index < -0.39 is 49.1 Å². The van der Waals surface area contributed by atoms with Gasteiger partial charge in [0, 0.05) is 12.8 Å². The van der Waals surface area contributed by atoms with E-state index in [2.05, 4.69) is 15.0 Å². The lowest BCUT2D eigenvalue weighted by molar-refractivity contribution is -0.188. The minimum absolute atomic E-state index is 0.00235. The van der Waals surface area contributed by atoms with Gasteiger partial charge in [0.2, 0.25) is 5.28 Å². The Morgan fingerprint density at radius 2 is 2.00 bits per heavy atom. The molecular formula is C21H18ClFN6O6. The fraction of sp³-hybridized carbons (Fsp3) is 0.333. The summed E-state index contributed by atoms with van der Waals surface area (Å²) in [5.74, 6) is -3.46. The van der Waals surface area contributed by atoms with Crippen LogP contribution in [0.15, 0.2) is 30.6 Å². The van der Waals surface area contributed by atoms with Gasteiger partial charge in [-0.3, -0.25) is 4.57 Å². The maximum atomic E-state index is 14.9. The van der Waals surface area contributed by atoms with E-state index in [1.165, 1.54) is 35.2 Å². The quantitative estimate of drug-likeness (QED) is 0.299. The Kier molecular flexibility index (Phi) is 6.53. The van der Waals surface area contributed by atoms with Gasteiger partial charge in [-0.2, -0.15) is 15.2 Å². The van der Waals surface area contributed by atoms with Gasteiger partial charge in [-0.25, -0.2) is 19.0 Å². The van der Waals surface area contributed by atoms with Crippen molar-refractivity contribution in [2.45, 2.75) is 36.9 Å². The number of imidazole rings is 1. The first-order valence-corrected chi connectivity index (χ1v) is 10.6. The Morgan fingerprint density at radius 1 is 1.31 bits per heavy atom. The third-order valence-corrected chi connectivity index (χ3v) is 5.74. The molecule has 3 aromatic rings. The van der Waals surface area contributed by atoms with E-state index in [4.69, 9.17) is 32.1 Å². The second-order valence-corrected chi connectivity index (χ2v) is 8.17. The number of nitrogens with two attached hydrogens (primary N) is 1. The van der Waals surface area contributed by atoms with E-state index >= 15 is 0 Å². The Labute approximate surface area is 201 Å². The van der Waals surface area contributed by atoms with Crippen LogP contribution in [0, 0.1) is 11.3 Å². The van der Waals surface area contributed by atoms with E-state index in [9.17, 15) is 24.2 Å². The summed E-state index contributed by atoms with van der Waals surface area (Å²) in [5.41, 5.74) is 4.10. The highest BCUT2D eigenvalue weighted by Crippen LogP contribution is 2.35. The topological polar surface area (TPSA) is 186 Å². The SMILES string of the molecule is N#Cc1ccc(CC(OC[C@@H]2C[C@H](F)[C@H](n3cnc4c(N)nc(Cl)nc43)O2)(C(=O)O)C(=O)O)cc1. The van der Waals surface area contributed by atoms with Crippen LogP contribution in [0.3, 0.4) is 0 Å². The number of ether oxygens (including phenoxy) is 2. The Hall–Kier alpha value is -3.86. The second kappa shape index (κ2) is 9.41. The molecule has 0 radical (unpaired) electrons. The summed E-state index contributed by atoms with van der Waals surface area (Å²) in [6.07, 6.45) is -3.22. The smallest absolute Gasteiger partial charge is 0.348 e. The molecule has 0 bridgehead atoms. The highest BCUT2D eigenvalue weighted by molar-refractivity contribution is 6.28. The molecule has 1 aromatic carbocycles. The molecule has 1 aliphatic heterocycles. The van der Waals surface area contributed by atoms with Crippen molar-refractivity contribution < 1.29 is 33.7 Å². The largest absolute Gasteiger partial charge is 0.479 e. The fourth-order valence-corrected chi connectivity index (χ4v) is 3.96. The van der Waals surface area contributed by atoms with E-state index in [0.717, 1.165) is 0 Å². The van der Waals surface area contributed by atoms with Crippen molar-refractivity contribution >= 4 is 40.5 Å². The number of aliphatic carboxylic acids is 2. The molecule has 0 unspecified atom stereocenters. The van der Waals surface area contributed by atoms with Gasteiger partial charge < -0.3 is 25.4 Å². The second-order valence-electron chi connectivity index (χ2n) is 7.84. The molecule has 0 amide bonds. The van der Waals surface area contributed by atoms with Crippen LogP contribution in [-0.4, -0.2) is 66.2 Å². The number of nitrogens with zero attached hydrogens (tertiary/aromatic N) is 5. The number of hydrogen-bond acceptors (Lipinski definition) is 9. The molecule has 4 N–H and O–H groups in total. The van der Waals surface area contributed by atoms with Crippen molar-refractivity contribution in [3.8, 4) is 6.07 Å². The minimum atomic E-state index is -2.65. The first-order chi connectivity index (χ1) is 16.6. The molecule has 14 heteroatoms. The van der Waals surface area contributed by atoms with Crippen molar-refractivity contribution in [3.05, 3.63) is 47.0 Å². The number of anilines is 1. The summed E-state index contributed by atoms with van der Waals surface area (Å²) in [6.45, 7) is -0.518. The number of carboxylic acids is 2. The molecule has 0 saturated carbocycles. The highest BCUT2D eigenvalue weighted by atomic mass is 35.5. The molecule has 3 heterocycles. The van der Waals surface area contributed by atoms with Gasteiger partial charge in [0.25, 0.3) is 5.60 Å². The molecule has 3 atom stereocenters. The third-order valence-electron chi connectivity index (χ3n) is 5.57. The number of fused-ring (bicyclic) bond motifs is 1. The Morgan fingerprint density at radius 3 is 2.63 bits per heavy atom. The van der Waals surface area contributed by atoms with Crippen LogP contribution in [0.5, 0.6) is 0 Å². The van der Waals surface area contributed by atoms with Crippen LogP contribution in [-0.2, 0) is 25.5 Å². The molecule has 1 fully saturated rings. The monoisotopic (exact) mass is 504 g/mol. The number of carboxylic acid groups (broad SMARTS) is 2. The molecule has 35 heavy (non-hydrogen) atoms. The summed E-state index contributed by atoms with van der Waals surface area (Å²) in [7, 11) is 0. The summed E-state index contributed by atoms with van der Waals surface area (Å²) in [4.78, 5) is 35.8. The molecule has 1 saturated heterocycles. The number of nitrogen functional groups attached to an aromatic ring is 1. The zero-order valence-corrected chi connectivity index (χ0v) is 18.6. The number of aromatic nitrogens is 4. The first kappa shape index (κ1) is 24.3. The standard InChI is InChI=1S/C21H18ClFN6O6/c22-20-27-15(25)14-16(28-20)29(9-26-14)17-13(23)5-12(35-17)8-34-21(18(30)31,19(32)33)6-10-1-3-11(7-24)4-2-10/h1-4,9,12-13,17H,5-6,8H2,(H,30,31)(H,32,33)(H2,25,27,28)/t12-,13-,17+/m0/s1. The van der Waals surface area contributed by atoms with Crippen molar-refractivity contribution in [3.63, 3.8) is 0 Å². The first-order valence-electron chi connectivity index (χ1n) is 10.2. The van der Waals surface area contributed by atoms with Crippen LogP contribution in [0.1, 0.15) is 23.8 Å². The fourth-order valence-electron chi connectivity index (χ4n) is 3.79. The van der Waals surface area contributed by atoms with Crippen molar-refractivity contribution in [1.82, 2.24) is 19.5 Å². The Balaban J connectivity index is 1.52. The van der Waals surface area contributed by atoms with Gasteiger partial charge in [0.05, 0.1) is 30.7 Å². The van der Waals surface area contributed by atoms with Gasteiger partial charge in [0.1, 0.15) is 11.7 Å².